The van der Waals surface area contributed by atoms with Gasteiger partial charge in [-0.05, 0) is 34.1 Å². The van der Waals surface area contributed by atoms with Crippen LogP contribution in [0.15, 0.2) is 0 Å². The highest BCUT2D eigenvalue weighted by Crippen LogP contribution is 2.24. The lowest BCUT2D eigenvalue weighted by atomic mass is 10.2. The van der Waals surface area contributed by atoms with Gasteiger partial charge < -0.3 is 5.32 Å². The van der Waals surface area contributed by atoms with Gasteiger partial charge in [0.15, 0.2) is 0 Å². The van der Waals surface area contributed by atoms with Crippen molar-refractivity contribution in [3.05, 3.63) is 32.8 Å². The number of carbonyl (C=O) groups excluding carboxylic acids is 1. The Balaban J connectivity index is 1.90. The van der Waals surface area contributed by atoms with Crippen molar-refractivity contribution in [2.45, 2.75) is 47.2 Å². The lowest BCUT2D eigenvalue weighted by molar-refractivity contribution is 0.0951. The summed E-state index contributed by atoms with van der Waals surface area (Å²) < 4.78 is 3.48. The van der Waals surface area contributed by atoms with Gasteiger partial charge in [-0.15, -0.1) is 0 Å². The van der Waals surface area contributed by atoms with Crippen LogP contribution in [0.2, 0.25) is 10.2 Å². The van der Waals surface area contributed by atoms with Crippen LogP contribution in [0.3, 0.4) is 0 Å². The summed E-state index contributed by atoms with van der Waals surface area (Å²) in [6, 6.07) is 0. The molecule has 0 saturated carbocycles. The number of aryl methyl sites for hydroxylation is 4. The molecule has 0 aliphatic rings. The molecular formula is C15H21Cl2N5O. The van der Waals surface area contributed by atoms with Gasteiger partial charge in [0.25, 0.3) is 5.91 Å². The van der Waals surface area contributed by atoms with Crippen molar-refractivity contribution in [2.24, 2.45) is 0 Å². The van der Waals surface area contributed by atoms with Crippen LogP contribution in [0.4, 0.5) is 0 Å². The number of aromatic nitrogens is 4. The summed E-state index contributed by atoms with van der Waals surface area (Å²) in [5.74, 6) is -0.0968. The number of hydrogen-bond donors (Lipinski definition) is 1. The maximum Gasteiger partial charge on any atom is 0.255 e. The van der Waals surface area contributed by atoms with Gasteiger partial charge in [-0.2, -0.15) is 10.2 Å². The standard InChI is InChI=1S/C15H21Cl2N5O/c1-5-21-11(4)12(9(2)19-21)15(23)18-7-6-8-22-14(17)13(16)10(3)20-22/h5-8H2,1-4H3,(H,18,23). The van der Waals surface area contributed by atoms with E-state index in [0.717, 1.165) is 17.9 Å². The molecule has 0 fully saturated rings. The number of carbonyl (C=O) groups is 1. The average molecular weight is 358 g/mol. The van der Waals surface area contributed by atoms with Gasteiger partial charge in [-0.1, -0.05) is 23.2 Å². The Morgan fingerprint density at radius 2 is 1.78 bits per heavy atom. The van der Waals surface area contributed by atoms with Crippen molar-refractivity contribution in [3.63, 3.8) is 0 Å². The molecule has 126 valence electrons. The first-order valence-corrected chi connectivity index (χ1v) is 8.33. The zero-order valence-corrected chi connectivity index (χ0v) is 15.3. The Hall–Kier alpha value is -1.53. The van der Waals surface area contributed by atoms with E-state index in [4.69, 9.17) is 23.2 Å². The van der Waals surface area contributed by atoms with Gasteiger partial charge in [-0.3, -0.25) is 14.2 Å². The molecule has 0 saturated heterocycles. The van der Waals surface area contributed by atoms with Crippen LogP contribution in [0.25, 0.3) is 0 Å². The summed E-state index contributed by atoms with van der Waals surface area (Å²) in [5, 5.41) is 12.4. The Morgan fingerprint density at radius 1 is 1.13 bits per heavy atom. The van der Waals surface area contributed by atoms with Crippen molar-refractivity contribution in [1.82, 2.24) is 24.9 Å². The van der Waals surface area contributed by atoms with Crippen LogP contribution in [0, 0.1) is 20.8 Å². The van der Waals surface area contributed by atoms with Crippen molar-refractivity contribution in [2.75, 3.05) is 6.54 Å². The summed E-state index contributed by atoms with van der Waals surface area (Å²) >= 11 is 12.1. The molecule has 2 heterocycles. The second-order valence-electron chi connectivity index (χ2n) is 5.38. The number of rotatable bonds is 6. The highest BCUT2D eigenvalue weighted by atomic mass is 35.5. The summed E-state index contributed by atoms with van der Waals surface area (Å²) in [4.78, 5) is 12.3. The van der Waals surface area contributed by atoms with E-state index in [0.29, 0.717) is 40.9 Å². The van der Waals surface area contributed by atoms with E-state index in [-0.39, 0.29) is 5.91 Å². The minimum Gasteiger partial charge on any atom is -0.352 e. The van der Waals surface area contributed by atoms with Crippen LogP contribution >= 0.6 is 23.2 Å². The van der Waals surface area contributed by atoms with Gasteiger partial charge in [0.2, 0.25) is 0 Å². The lowest BCUT2D eigenvalue weighted by Crippen LogP contribution is -2.26. The first-order valence-electron chi connectivity index (χ1n) is 7.57. The predicted molar refractivity (Wildman–Crippen MR) is 91.3 cm³/mol. The van der Waals surface area contributed by atoms with E-state index in [1.807, 2.05) is 32.4 Å². The third-order valence-corrected chi connectivity index (χ3v) is 4.67. The molecule has 2 aromatic rings. The van der Waals surface area contributed by atoms with Crippen LogP contribution in [0.5, 0.6) is 0 Å². The molecule has 0 atom stereocenters. The van der Waals surface area contributed by atoms with Gasteiger partial charge >= 0.3 is 0 Å². The Morgan fingerprint density at radius 3 is 2.30 bits per heavy atom. The second kappa shape index (κ2) is 7.36. The highest BCUT2D eigenvalue weighted by molar-refractivity contribution is 6.41. The monoisotopic (exact) mass is 357 g/mol. The molecule has 6 nitrogen and oxygen atoms in total. The number of amides is 1. The van der Waals surface area contributed by atoms with Crippen molar-refractivity contribution in [3.8, 4) is 0 Å². The number of nitrogens with one attached hydrogen (secondary N) is 1. The van der Waals surface area contributed by atoms with Crippen molar-refractivity contribution >= 4 is 29.1 Å². The molecule has 0 aliphatic heterocycles. The van der Waals surface area contributed by atoms with Crippen molar-refractivity contribution in [1.29, 1.82) is 0 Å². The summed E-state index contributed by atoms with van der Waals surface area (Å²) in [6.45, 7) is 9.44. The SMILES string of the molecule is CCn1nc(C)c(C(=O)NCCCn2nc(C)c(Cl)c2Cl)c1C. The average Bonchev–Trinajstić information content (AvgIpc) is 2.94. The quantitative estimate of drug-likeness (QED) is 0.807. The maximum absolute atomic E-state index is 12.3. The third kappa shape index (κ3) is 3.70. The van der Waals surface area contributed by atoms with Crippen LogP contribution in [-0.4, -0.2) is 32.0 Å². The molecule has 0 spiro atoms. The van der Waals surface area contributed by atoms with E-state index in [1.165, 1.54) is 0 Å². The number of halogens is 2. The first-order chi connectivity index (χ1) is 10.9. The molecule has 0 radical (unpaired) electrons. The fraction of sp³-hybridized carbons (Fsp3) is 0.533. The predicted octanol–water partition coefficient (Wildman–Crippen LogP) is 3.15. The molecule has 0 bridgehead atoms. The second-order valence-corrected chi connectivity index (χ2v) is 6.12. The Kier molecular flexibility index (Phi) is 5.70. The summed E-state index contributed by atoms with van der Waals surface area (Å²) in [5.41, 5.74) is 3.00. The minimum absolute atomic E-state index is 0.0968. The van der Waals surface area contributed by atoms with E-state index in [1.54, 1.807) is 4.68 Å². The van der Waals surface area contributed by atoms with E-state index >= 15 is 0 Å². The fourth-order valence-electron chi connectivity index (χ4n) is 2.53. The summed E-state index contributed by atoms with van der Waals surface area (Å²) in [7, 11) is 0. The minimum atomic E-state index is -0.0968. The molecule has 1 N–H and O–H groups in total. The molecule has 0 unspecified atom stereocenters. The van der Waals surface area contributed by atoms with E-state index in [9.17, 15) is 4.79 Å². The van der Waals surface area contributed by atoms with Gasteiger partial charge in [0.1, 0.15) is 10.2 Å². The van der Waals surface area contributed by atoms with Gasteiger partial charge in [-0.25, -0.2) is 0 Å². The zero-order chi connectivity index (χ0) is 17.1. The molecule has 2 rings (SSSR count). The smallest absolute Gasteiger partial charge is 0.255 e. The van der Waals surface area contributed by atoms with Gasteiger partial charge in [0.05, 0.1) is 17.0 Å². The summed E-state index contributed by atoms with van der Waals surface area (Å²) in [6.07, 6.45) is 0.711. The van der Waals surface area contributed by atoms with E-state index < -0.39 is 0 Å². The Labute approximate surface area is 145 Å². The molecule has 23 heavy (non-hydrogen) atoms. The van der Waals surface area contributed by atoms with Crippen LogP contribution in [-0.2, 0) is 13.1 Å². The van der Waals surface area contributed by atoms with E-state index in [2.05, 4.69) is 15.5 Å². The van der Waals surface area contributed by atoms with Crippen molar-refractivity contribution < 1.29 is 4.79 Å². The molecule has 8 heteroatoms. The molecule has 0 aromatic carbocycles. The maximum atomic E-state index is 12.3. The Bertz CT molecular complexity index is 720. The number of nitrogens with zero attached hydrogens (tertiary/aromatic N) is 4. The molecule has 0 aliphatic carbocycles. The largest absolute Gasteiger partial charge is 0.352 e. The topological polar surface area (TPSA) is 64.7 Å². The zero-order valence-electron chi connectivity index (χ0n) is 13.8. The van der Waals surface area contributed by atoms with Crippen LogP contribution < -0.4 is 5.32 Å². The first kappa shape index (κ1) is 17.8. The molecule has 1 amide bonds. The normalized spacial score (nSPS) is 11.0. The lowest BCUT2D eigenvalue weighted by Gasteiger charge is -2.07. The van der Waals surface area contributed by atoms with Crippen LogP contribution in [0.1, 0.15) is 40.8 Å². The highest BCUT2D eigenvalue weighted by Gasteiger charge is 2.17. The third-order valence-electron chi connectivity index (χ3n) is 3.74. The van der Waals surface area contributed by atoms with Gasteiger partial charge in [0, 0.05) is 25.3 Å². The molecular weight excluding hydrogens is 337 g/mol. The molecule has 2 aromatic heterocycles. The number of hydrogen-bond acceptors (Lipinski definition) is 3. The fourth-order valence-corrected chi connectivity index (χ4v) is 2.93.